The maximum atomic E-state index is 12.1. The highest BCUT2D eigenvalue weighted by atomic mass is 32.1. The number of rotatable bonds is 6. The molecule has 156 valence electrons. The molecule has 29 heavy (non-hydrogen) atoms. The highest BCUT2D eigenvalue weighted by molar-refractivity contribution is 7.09. The van der Waals surface area contributed by atoms with Gasteiger partial charge in [-0.3, -0.25) is 9.79 Å². The number of anilines is 2. The van der Waals surface area contributed by atoms with E-state index in [2.05, 4.69) is 46.7 Å². The Hall–Kier alpha value is -2.75. The molecule has 0 spiro atoms. The number of guanidine groups is 1. The molecule has 0 atom stereocenters. The van der Waals surface area contributed by atoms with Crippen LogP contribution in [0.1, 0.15) is 24.9 Å². The van der Waals surface area contributed by atoms with Gasteiger partial charge in [-0.2, -0.15) is 4.37 Å². The first-order valence-corrected chi connectivity index (χ1v) is 10.6. The van der Waals surface area contributed by atoms with Crippen molar-refractivity contribution in [2.45, 2.75) is 26.7 Å². The van der Waals surface area contributed by atoms with Gasteiger partial charge in [0.1, 0.15) is 11.6 Å². The Bertz CT molecular complexity index is 844. The number of carbonyl (C=O) groups is 1. The number of hydrogen-bond donors (Lipinski definition) is 2. The van der Waals surface area contributed by atoms with Gasteiger partial charge in [0.2, 0.25) is 11.0 Å². The zero-order chi connectivity index (χ0) is 20.6. The summed E-state index contributed by atoms with van der Waals surface area (Å²) in [6, 6.07) is 5.56. The van der Waals surface area contributed by atoms with Crippen molar-refractivity contribution in [1.82, 2.24) is 24.6 Å². The monoisotopic (exact) mass is 416 g/mol. The predicted molar refractivity (Wildman–Crippen MR) is 117 cm³/mol. The van der Waals surface area contributed by atoms with Gasteiger partial charge in [-0.25, -0.2) is 9.97 Å². The molecule has 0 radical (unpaired) electrons. The summed E-state index contributed by atoms with van der Waals surface area (Å²) in [7, 11) is 1.77. The van der Waals surface area contributed by atoms with Crippen molar-refractivity contribution in [2.24, 2.45) is 4.99 Å². The van der Waals surface area contributed by atoms with Crippen LogP contribution in [0, 0.1) is 6.92 Å². The average Bonchev–Trinajstić information content (AvgIpc) is 3.21. The molecule has 3 rings (SSSR count). The molecule has 2 N–H and O–H groups in total. The number of carbonyl (C=O) groups excluding carboxylic acids is 1. The minimum atomic E-state index is -0.0705. The first-order chi connectivity index (χ1) is 14.1. The van der Waals surface area contributed by atoms with Crippen molar-refractivity contribution in [3.63, 3.8) is 0 Å². The standard InChI is InChI=1S/C19H28N8OS/c1-4-15-24-19(29-25-15)27-12-10-26(11-13-27)18(20-3)21-9-8-17(28)23-16-7-5-6-14(2)22-16/h5-7H,4,8-13H2,1-3H3,(H,20,21)(H,22,23,28). The summed E-state index contributed by atoms with van der Waals surface area (Å²) < 4.78 is 4.37. The van der Waals surface area contributed by atoms with Gasteiger partial charge in [0, 0.05) is 69.8 Å². The van der Waals surface area contributed by atoms with E-state index in [9.17, 15) is 4.79 Å². The molecule has 0 aromatic carbocycles. The highest BCUT2D eigenvalue weighted by Gasteiger charge is 2.22. The zero-order valence-corrected chi connectivity index (χ0v) is 18.0. The Balaban J connectivity index is 1.42. The fourth-order valence-electron chi connectivity index (χ4n) is 3.06. The molecule has 2 aromatic rings. The highest BCUT2D eigenvalue weighted by Crippen LogP contribution is 2.19. The van der Waals surface area contributed by atoms with E-state index in [0.717, 1.165) is 55.2 Å². The third kappa shape index (κ3) is 5.86. The summed E-state index contributed by atoms with van der Waals surface area (Å²) in [6.45, 7) is 7.92. The van der Waals surface area contributed by atoms with Crippen molar-refractivity contribution >= 4 is 34.3 Å². The summed E-state index contributed by atoms with van der Waals surface area (Å²) in [5.41, 5.74) is 0.875. The second-order valence-corrected chi connectivity index (χ2v) is 7.49. The molecular formula is C19H28N8OS. The van der Waals surface area contributed by atoms with Gasteiger partial charge in [0.05, 0.1) is 0 Å². The van der Waals surface area contributed by atoms with Crippen molar-refractivity contribution in [2.75, 3.05) is 50.0 Å². The molecule has 1 amide bonds. The second kappa shape index (κ2) is 10.1. The van der Waals surface area contributed by atoms with Crippen LogP contribution in [0.3, 0.4) is 0 Å². The van der Waals surface area contributed by atoms with Gasteiger partial charge in [-0.05, 0) is 19.1 Å². The number of pyridine rings is 1. The van der Waals surface area contributed by atoms with Crippen LogP contribution in [0.4, 0.5) is 10.9 Å². The van der Waals surface area contributed by atoms with E-state index >= 15 is 0 Å². The third-order valence-corrected chi connectivity index (χ3v) is 5.44. The van der Waals surface area contributed by atoms with Crippen LogP contribution in [-0.2, 0) is 11.2 Å². The molecule has 0 unspecified atom stereocenters. The van der Waals surface area contributed by atoms with Crippen LogP contribution in [0.2, 0.25) is 0 Å². The SMILES string of the molecule is CCc1nsc(N2CCN(C(=NC)NCCC(=O)Nc3cccc(C)n3)CC2)n1. The summed E-state index contributed by atoms with van der Waals surface area (Å²) in [5, 5.41) is 7.10. The number of nitrogens with zero attached hydrogens (tertiary/aromatic N) is 6. The molecule has 10 heteroatoms. The Morgan fingerprint density at radius 2 is 2.03 bits per heavy atom. The van der Waals surface area contributed by atoms with Crippen molar-refractivity contribution in [3.8, 4) is 0 Å². The summed E-state index contributed by atoms with van der Waals surface area (Å²) in [4.78, 5) is 29.8. The maximum Gasteiger partial charge on any atom is 0.227 e. The lowest BCUT2D eigenvalue weighted by Crippen LogP contribution is -2.52. The first kappa shape index (κ1) is 21.0. The summed E-state index contributed by atoms with van der Waals surface area (Å²) >= 11 is 1.47. The molecule has 0 bridgehead atoms. The Morgan fingerprint density at radius 1 is 1.24 bits per heavy atom. The molecule has 0 saturated carbocycles. The average molecular weight is 417 g/mol. The van der Waals surface area contributed by atoms with E-state index in [1.54, 1.807) is 13.1 Å². The van der Waals surface area contributed by atoms with Gasteiger partial charge in [-0.1, -0.05) is 13.0 Å². The van der Waals surface area contributed by atoms with E-state index in [0.29, 0.717) is 18.8 Å². The van der Waals surface area contributed by atoms with Crippen LogP contribution in [0.25, 0.3) is 0 Å². The fourth-order valence-corrected chi connectivity index (χ4v) is 3.87. The third-order valence-electron chi connectivity index (χ3n) is 4.63. The quantitative estimate of drug-likeness (QED) is 0.544. The van der Waals surface area contributed by atoms with Gasteiger partial charge in [0.15, 0.2) is 5.96 Å². The van der Waals surface area contributed by atoms with E-state index < -0.39 is 0 Å². The first-order valence-electron chi connectivity index (χ1n) is 9.85. The van der Waals surface area contributed by atoms with E-state index in [-0.39, 0.29) is 5.91 Å². The molecular weight excluding hydrogens is 388 g/mol. The number of aryl methyl sites for hydroxylation is 2. The smallest absolute Gasteiger partial charge is 0.227 e. The molecule has 3 heterocycles. The van der Waals surface area contributed by atoms with Crippen LogP contribution >= 0.6 is 11.5 Å². The van der Waals surface area contributed by atoms with E-state index in [4.69, 9.17) is 0 Å². The number of amides is 1. The number of hydrogen-bond acceptors (Lipinski definition) is 7. The number of aliphatic imine (C=N–C) groups is 1. The molecule has 1 aliphatic heterocycles. The lowest BCUT2D eigenvalue weighted by atomic mass is 10.3. The number of aromatic nitrogens is 3. The van der Waals surface area contributed by atoms with Crippen LogP contribution < -0.4 is 15.5 Å². The number of nitrogens with one attached hydrogen (secondary N) is 2. The minimum absolute atomic E-state index is 0.0705. The fraction of sp³-hybridized carbons (Fsp3) is 0.526. The molecule has 9 nitrogen and oxygen atoms in total. The van der Waals surface area contributed by atoms with Crippen LogP contribution in [-0.4, -0.2) is 70.9 Å². The topological polar surface area (TPSA) is 98.6 Å². The number of piperazine rings is 1. The molecule has 1 fully saturated rings. The maximum absolute atomic E-state index is 12.1. The Labute approximate surface area is 175 Å². The van der Waals surface area contributed by atoms with Crippen molar-refractivity contribution in [3.05, 3.63) is 29.7 Å². The zero-order valence-electron chi connectivity index (χ0n) is 17.2. The summed E-state index contributed by atoms with van der Waals surface area (Å²) in [5.74, 6) is 2.24. The lowest BCUT2D eigenvalue weighted by molar-refractivity contribution is -0.116. The van der Waals surface area contributed by atoms with Gasteiger partial charge >= 0.3 is 0 Å². The van der Waals surface area contributed by atoms with Crippen LogP contribution in [0.5, 0.6) is 0 Å². The van der Waals surface area contributed by atoms with E-state index in [1.807, 2.05) is 19.1 Å². The molecule has 2 aromatic heterocycles. The lowest BCUT2D eigenvalue weighted by Gasteiger charge is -2.36. The second-order valence-electron chi connectivity index (χ2n) is 6.76. The Kier molecular flexibility index (Phi) is 7.34. The Morgan fingerprint density at radius 3 is 2.69 bits per heavy atom. The molecule has 0 aliphatic carbocycles. The predicted octanol–water partition coefficient (Wildman–Crippen LogP) is 1.53. The normalized spacial score (nSPS) is 14.8. The van der Waals surface area contributed by atoms with Gasteiger partial charge < -0.3 is 20.4 Å². The van der Waals surface area contributed by atoms with Gasteiger partial charge in [-0.15, -0.1) is 0 Å². The van der Waals surface area contributed by atoms with Gasteiger partial charge in [0.25, 0.3) is 0 Å². The van der Waals surface area contributed by atoms with Crippen LogP contribution in [0.15, 0.2) is 23.2 Å². The molecule has 1 aliphatic rings. The largest absolute Gasteiger partial charge is 0.356 e. The minimum Gasteiger partial charge on any atom is -0.356 e. The van der Waals surface area contributed by atoms with Crippen molar-refractivity contribution < 1.29 is 4.79 Å². The van der Waals surface area contributed by atoms with E-state index in [1.165, 1.54) is 11.5 Å². The van der Waals surface area contributed by atoms with Crippen molar-refractivity contribution in [1.29, 1.82) is 0 Å². The molecule has 1 saturated heterocycles. The summed E-state index contributed by atoms with van der Waals surface area (Å²) in [6.07, 6.45) is 1.21.